The van der Waals surface area contributed by atoms with Gasteiger partial charge < -0.3 is 30.6 Å². The van der Waals surface area contributed by atoms with Gasteiger partial charge in [0.1, 0.15) is 36.1 Å². The van der Waals surface area contributed by atoms with Gasteiger partial charge in [-0.15, -0.1) is 0 Å². The summed E-state index contributed by atoms with van der Waals surface area (Å²) in [7, 11) is 0. The Hall–Kier alpha value is -0.310. The van der Waals surface area contributed by atoms with Crippen LogP contribution < -0.4 is 0 Å². The molecule has 1 aliphatic rings. The van der Waals surface area contributed by atoms with Gasteiger partial charge in [-0.3, -0.25) is 4.39 Å². The topological polar surface area (TPSA) is 121 Å². The average Bonchev–Trinajstić information content (AvgIpc) is 2.22. The lowest BCUT2D eigenvalue weighted by atomic mass is 9.73. The van der Waals surface area contributed by atoms with Gasteiger partial charge in [0.25, 0.3) is 0 Å². The summed E-state index contributed by atoms with van der Waals surface area (Å²) in [5.74, 6) is 0. The number of aliphatic hydroxyl groups excluding tert-OH is 5. The molecular weight excluding hydrogens is 211 g/mol. The summed E-state index contributed by atoms with van der Waals surface area (Å²) in [6, 6.07) is 0. The predicted octanol–water partition coefficient (Wildman–Crippen LogP) is -3.10. The normalized spacial score (nSPS) is 51.8. The first-order chi connectivity index (χ1) is 6.86. The molecule has 1 fully saturated rings. The molecule has 90 valence electrons. The lowest BCUT2D eigenvalue weighted by molar-refractivity contribution is -0.270. The van der Waals surface area contributed by atoms with Crippen molar-refractivity contribution < 1.29 is 35.0 Å². The predicted molar refractivity (Wildman–Crippen MR) is 45.6 cm³/mol. The Morgan fingerprint density at radius 2 is 1.27 bits per heavy atom. The Morgan fingerprint density at radius 1 is 0.867 bits per heavy atom. The fraction of sp³-hybridized carbons (Fsp3) is 1.00. The smallest absolute Gasteiger partial charge is 0.124 e. The quantitative estimate of drug-likeness (QED) is 0.296. The summed E-state index contributed by atoms with van der Waals surface area (Å²) in [4.78, 5) is 0. The van der Waals surface area contributed by atoms with Gasteiger partial charge >= 0.3 is 0 Å². The molecule has 0 amide bonds. The molecule has 15 heavy (non-hydrogen) atoms. The van der Waals surface area contributed by atoms with Crippen molar-refractivity contribution in [3.05, 3.63) is 0 Å². The van der Waals surface area contributed by atoms with Crippen LogP contribution in [0.2, 0.25) is 0 Å². The molecule has 0 radical (unpaired) electrons. The van der Waals surface area contributed by atoms with Crippen molar-refractivity contribution in [1.82, 2.24) is 0 Å². The Bertz CT molecular complexity index is 209. The lowest BCUT2D eigenvalue weighted by Crippen LogP contribution is -2.70. The second-order valence-corrected chi connectivity index (χ2v) is 3.79. The Labute approximate surface area is 85.2 Å². The van der Waals surface area contributed by atoms with E-state index in [-0.39, 0.29) is 0 Å². The number of alkyl halides is 1. The number of hydrogen-bond acceptors (Lipinski definition) is 6. The maximum atomic E-state index is 12.1. The van der Waals surface area contributed by atoms with E-state index in [1.807, 2.05) is 0 Å². The SMILES string of the molecule is OC1C(O)[C@](O)(CCF)C(O)C(O)[C@H]1O. The molecule has 6 N–H and O–H groups in total. The van der Waals surface area contributed by atoms with E-state index in [0.29, 0.717) is 0 Å². The van der Waals surface area contributed by atoms with Crippen LogP contribution in [0.3, 0.4) is 0 Å². The molecule has 4 atom stereocenters. The molecule has 4 unspecified atom stereocenters. The van der Waals surface area contributed by atoms with Gasteiger partial charge in [0.15, 0.2) is 0 Å². The zero-order valence-electron chi connectivity index (χ0n) is 7.86. The molecule has 6 nitrogen and oxygen atoms in total. The Morgan fingerprint density at radius 3 is 1.60 bits per heavy atom. The van der Waals surface area contributed by atoms with Crippen LogP contribution in [-0.4, -0.2) is 73.4 Å². The summed E-state index contributed by atoms with van der Waals surface area (Å²) in [5, 5.41) is 56.1. The first kappa shape index (κ1) is 12.8. The zero-order chi connectivity index (χ0) is 11.8. The summed E-state index contributed by atoms with van der Waals surface area (Å²) in [6.45, 7) is -1.04. The molecule has 0 aromatic rings. The van der Waals surface area contributed by atoms with Gasteiger partial charge in [-0.25, -0.2) is 0 Å². The first-order valence-corrected chi connectivity index (χ1v) is 4.55. The van der Waals surface area contributed by atoms with E-state index >= 15 is 0 Å². The third kappa shape index (κ3) is 1.86. The first-order valence-electron chi connectivity index (χ1n) is 4.55. The van der Waals surface area contributed by atoms with Crippen molar-refractivity contribution in [3.63, 3.8) is 0 Å². The van der Waals surface area contributed by atoms with Crippen molar-refractivity contribution >= 4 is 0 Å². The van der Waals surface area contributed by atoms with Gasteiger partial charge in [-0.05, 0) is 0 Å². The highest BCUT2D eigenvalue weighted by Gasteiger charge is 2.57. The zero-order valence-corrected chi connectivity index (χ0v) is 7.86. The summed E-state index contributed by atoms with van der Waals surface area (Å²) in [6.07, 6.45) is -9.92. The van der Waals surface area contributed by atoms with E-state index in [9.17, 15) is 29.9 Å². The van der Waals surface area contributed by atoms with Crippen molar-refractivity contribution in [2.24, 2.45) is 0 Å². The molecule has 0 bridgehead atoms. The minimum atomic E-state index is -2.35. The maximum absolute atomic E-state index is 12.1. The second kappa shape index (κ2) is 4.28. The van der Waals surface area contributed by atoms with E-state index in [0.717, 1.165) is 0 Å². The van der Waals surface area contributed by atoms with Crippen LogP contribution in [0.15, 0.2) is 0 Å². The van der Waals surface area contributed by atoms with Crippen molar-refractivity contribution in [3.8, 4) is 0 Å². The number of rotatable bonds is 2. The van der Waals surface area contributed by atoms with Crippen molar-refractivity contribution in [2.75, 3.05) is 6.67 Å². The van der Waals surface area contributed by atoms with Gasteiger partial charge in [0.2, 0.25) is 0 Å². The van der Waals surface area contributed by atoms with Crippen LogP contribution in [0.25, 0.3) is 0 Å². The van der Waals surface area contributed by atoms with Crippen LogP contribution in [0.4, 0.5) is 4.39 Å². The van der Waals surface area contributed by atoms with Crippen molar-refractivity contribution in [1.29, 1.82) is 0 Å². The van der Waals surface area contributed by atoms with E-state index < -0.39 is 49.2 Å². The third-order valence-electron chi connectivity index (χ3n) is 2.87. The molecule has 0 aromatic carbocycles. The molecule has 1 aliphatic carbocycles. The summed E-state index contributed by atoms with van der Waals surface area (Å²) < 4.78 is 12.1. The van der Waals surface area contributed by atoms with Crippen LogP contribution in [0.1, 0.15) is 6.42 Å². The number of aliphatic hydroxyl groups is 6. The summed E-state index contributed by atoms with van der Waals surface area (Å²) >= 11 is 0. The third-order valence-corrected chi connectivity index (χ3v) is 2.87. The molecule has 1 saturated carbocycles. The number of hydrogen-bond donors (Lipinski definition) is 6. The molecule has 0 saturated heterocycles. The molecule has 0 spiro atoms. The Balaban J connectivity index is 2.95. The fourth-order valence-corrected chi connectivity index (χ4v) is 1.79. The molecule has 0 aromatic heterocycles. The highest BCUT2D eigenvalue weighted by molar-refractivity contribution is 5.08. The summed E-state index contributed by atoms with van der Waals surface area (Å²) in [5.41, 5.74) is -2.35. The monoisotopic (exact) mass is 226 g/mol. The highest BCUT2D eigenvalue weighted by atomic mass is 19.1. The van der Waals surface area contributed by atoms with Gasteiger partial charge in [0, 0.05) is 6.42 Å². The van der Waals surface area contributed by atoms with E-state index in [1.165, 1.54) is 0 Å². The Kier molecular flexibility index (Phi) is 3.64. The van der Waals surface area contributed by atoms with E-state index in [4.69, 9.17) is 5.11 Å². The lowest BCUT2D eigenvalue weighted by Gasteiger charge is -2.47. The van der Waals surface area contributed by atoms with Gasteiger partial charge in [-0.1, -0.05) is 0 Å². The average molecular weight is 226 g/mol. The standard InChI is InChI=1S/C8H15FO6/c9-2-1-8(15)6(13)4(11)3(10)5(12)7(8)14/h3-7,10-15H,1-2H2/t3-,4?,5?,6?,7?,8+. The molecular formula is C8H15FO6. The van der Waals surface area contributed by atoms with E-state index in [2.05, 4.69) is 0 Å². The molecule has 0 aliphatic heterocycles. The number of halogens is 1. The van der Waals surface area contributed by atoms with Gasteiger partial charge in [0.05, 0.1) is 6.67 Å². The molecule has 0 heterocycles. The second-order valence-electron chi connectivity index (χ2n) is 3.79. The fourth-order valence-electron chi connectivity index (χ4n) is 1.79. The van der Waals surface area contributed by atoms with Crippen LogP contribution in [0, 0.1) is 0 Å². The highest BCUT2D eigenvalue weighted by Crippen LogP contribution is 2.32. The van der Waals surface area contributed by atoms with Crippen LogP contribution >= 0.6 is 0 Å². The van der Waals surface area contributed by atoms with E-state index in [1.54, 1.807) is 0 Å². The molecule has 7 heteroatoms. The van der Waals surface area contributed by atoms with Crippen LogP contribution in [0.5, 0.6) is 0 Å². The minimum absolute atomic E-state index is 0.643. The van der Waals surface area contributed by atoms with Crippen LogP contribution in [-0.2, 0) is 0 Å². The molecule has 1 rings (SSSR count). The largest absolute Gasteiger partial charge is 0.387 e. The van der Waals surface area contributed by atoms with Crippen molar-refractivity contribution in [2.45, 2.75) is 42.5 Å². The maximum Gasteiger partial charge on any atom is 0.124 e. The minimum Gasteiger partial charge on any atom is -0.387 e. The van der Waals surface area contributed by atoms with Gasteiger partial charge in [-0.2, -0.15) is 0 Å².